The molecular weight excluding hydrogens is 172 g/mol. The molecule has 0 atom stereocenters. The molecule has 5 heteroatoms. The molecule has 0 aliphatic carbocycles. The Labute approximate surface area is 47.2 Å². The van der Waals surface area contributed by atoms with Gasteiger partial charge in [0.1, 0.15) is 0 Å². The SMILES string of the molecule is O=C(NBr)C(F)F. The first kappa shape index (κ1) is 6.81. The molecule has 0 aliphatic heterocycles. The predicted molar refractivity (Wildman–Crippen MR) is 23.1 cm³/mol. The van der Waals surface area contributed by atoms with E-state index in [9.17, 15) is 13.6 Å². The van der Waals surface area contributed by atoms with Gasteiger partial charge >= 0.3 is 6.43 Å². The lowest BCUT2D eigenvalue weighted by atomic mass is 10.7. The number of amides is 1. The maximum Gasteiger partial charge on any atom is 0.316 e. The molecule has 1 N–H and O–H groups in total. The van der Waals surface area contributed by atoms with E-state index in [1.165, 1.54) is 0 Å². The van der Waals surface area contributed by atoms with Crippen molar-refractivity contribution in [3.05, 3.63) is 0 Å². The van der Waals surface area contributed by atoms with Crippen LogP contribution in [-0.2, 0) is 4.79 Å². The van der Waals surface area contributed by atoms with Crippen LogP contribution in [0.2, 0.25) is 0 Å². The number of hydrogen-bond acceptors (Lipinski definition) is 1. The molecule has 1 amide bonds. The van der Waals surface area contributed by atoms with Crippen molar-refractivity contribution in [2.75, 3.05) is 0 Å². The lowest BCUT2D eigenvalue weighted by Crippen LogP contribution is -2.20. The highest BCUT2D eigenvalue weighted by atomic mass is 79.9. The number of carbonyl (C=O) groups is 1. The van der Waals surface area contributed by atoms with Crippen molar-refractivity contribution in [2.45, 2.75) is 6.43 Å². The molecule has 0 unspecified atom stereocenters. The van der Waals surface area contributed by atoms with E-state index in [0.29, 0.717) is 0 Å². The van der Waals surface area contributed by atoms with Gasteiger partial charge in [0.15, 0.2) is 0 Å². The van der Waals surface area contributed by atoms with Crippen LogP contribution in [0, 0.1) is 0 Å². The number of nitrogens with one attached hydrogen (secondary N) is 1. The summed E-state index contributed by atoms with van der Waals surface area (Å²) in [5.41, 5.74) is 0. The van der Waals surface area contributed by atoms with Crippen molar-refractivity contribution in [3.8, 4) is 0 Å². The number of rotatable bonds is 1. The summed E-state index contributed by atoms with van der Waals surface area (Å²) in [6.07, 6.45) is -2.93. The quantitative estimate of drug-likeness (QED) is 0.581. The van der Waals surface area contributed by atoms with Gasteiger partial charge in [0.05, 0.1) is 0 Å². The Morgan fingerprint density at radius 2 is 2.14 bits per heavy atom. The molecule has 0 aromatic rings. The van der Waals surface area contributed by atoms with Crippen LogP contribution in [0.5, 0.6) is 0 Å². The molecular formula is C2H2BrF2NO. The van der Waals surface area contributed by atoms with Crippen molar-refractivity contribution in [2.24, 2.45) is 0 Å². The first-order valence-corrected chi connectivity index (χ1v) is 2.16. The molecule has 0 saturated heterocycles. The second-order valence-electron chi connectivity index (χ2n) is 0.759. The number of alkyl halides is 2. The minimum Gasteiger partial charge on any atom is -0.288 e. The highest BCUT2D eigenvalue weighted by Gasteiger charge is 2.11. The molecule has 0 heterocycles. The van der Waals surface area contributed by atoms with E-state index in [0.717, 1.165) is 0 Å². The molecule has 0 bridgehead atoms. The van der Waals surface area contributed by atoms with Gasteiger partial charge in [-0.1, -0.05) is 0 Å². The molecule has 0 saturated carbocycles. The Hall–Kier alpha value is -0.190. The third-order valence-corrected chi connectivity index (χ3v) is 0.682. The molecule has 42 valence electrons. The van der Waals surface area contributed by atoms with Crippen LogP contribution in [0.25, 0.3) is 0 Å². The van der Waals surface area contributed by atoms with Crippen LogP contribution >= 0.6 is 16.1 Å². The number of halogens is 3. The summed E-state index contributed by atoms with van der Waals surface area (Å²) in [6.45, 7) is 0. The normalized spacial score (nSPS) is 9.14. The third kappa shape index (κ3) is 2.50. The Kier molecular flexibility index (Phi) is 2.82. The lowest BCUT2D eigenvalue weighted by molar-refractivity contribution is -0.129. The fourth-order valence-corrected chi connectivity index (χ4v) is 0.214. The zero-order valence-electron chi connectivity index (χ0n) is 3.12. The maximum atomic E-state index is 11.0. The van der Waals surface area contributed by atoms with E-state index in [2.05, 4.69) is 16.1 Å². The maximum absolute atomic E-state index is 11.0. The Morgan fingerprint density at radius 3 is 2.14 bits per heavy atom. The summed E-state index contributed by atoms with van der Waals surface area (Å²) in [6, 6.07) is 0. The Morgan fingerprint density at radius 1 is 1.71 bits per heavy atom. The summed E-state index contributed by atoms with van der Waals surface area (Å²) in [5, 5.41) is 0. The van der Waals surface area contributed by atoms with Crippen molar-refractivity contribution >= 4 is 22.1 Å². The van der Waals surface area contributed by atoms with Gasteiger partial charge in [-0.2, -0.15) is 8.78 Å². The molecule has 0 aliphatic rings. The summed E-state index contributed by atoms with van der Waals surface area (Å²) in [7, 11) is 0. The minimum atomic E-state index is -2.93. The van der Waals surface area contributed by atoms with E-state index in [4.69, 9.17) is 0 Å². The van der Waals surface area contributed by atoms with Gasteiger partial charge in [0, 0.05) is 16.1 Å². The number of carbonyl (C=O) groups excluding carboxylic acids is 1. The van der Waals surface area contributed by atoms with Gasteiger partial charge in [-0.3, -0.25) is 9.14 Å². The second-order valence-corrected chi connectivity index (χ2v) is 1.16. The average molecular weight is 174 g/mol. The molecule has 0 spiro atoms. The fraction of sp³-hybridized carbons (Fsp3) is 0.500. The molecule has 0 rings (SSSR count). The van der Waals surface area contributed by atoms with Crippen molar-refractivity contribution in [1.29, 1.82) is 0 Å². The molecule has 0 fully saturated rings. The third-order valence-electron chi connectivity index (χ3n) is 0.291. The largest absolute Gasteiger partial charge is 0.316 e. The standard InChI is InChI=1S/C2H2BrF2NO/c3-6-2(7)1(4)5/h1H,(H,6,7). The number of hydrogen-bond donors (Lipinski definition) is 1. The topological polar surface area (TPSA) is 29.1 Å². The molecule has 2 nitrogen and oxygen atoms in total. The Bertz CT molecular complexity index is 76.1. The van der Waals surface area contributed by atoms with E-state index >= 15 is 0 Å². The van der Waals surface area contributed by atoms with Crippen LogP contribution in [0.15, 0.2) is 0 Å². The highest BCUT2D eigenvalue weighted by Crippen LogP contribution is 1.90. The predicted octanol–water partition coefficient (Wildman–Crippen LogP) is 0.678. The van der Waals surface area contributed by atoms with Crippen LogP contribution in [0.4, 0.5) is 8.78 Å². The van der Waals surface area contributed by atoms with Gasteiger partial charge in [-0.25, -0.2) is 0 Å². The monoisotopic (exact) mass is 173 g/mol. The summed E-state index contributed by atoms with van der Waals surface area (Å²) >= 11 is 2.34. The van der Waals surface area contributed by atoms with Crippen LogP contribution in [0.1, 0.15) is 0 Å². The van der Waals surface area contributed by atoms with Gasteiger partial charge in [-0.05, 0) is 0 Å². The smallest absolute Gasteiger partial charge is 0.288 e. The van der Waals surface area contributed by atoms with E-state index in [1.807, 2.05) is 0 Å². The Balaban J connectivity index is 3.35. The molecule has 0 aromatic carbocycles. The van der Waals surface area contributed by atoms with Crippen LogP contribution < -0.4 is 4.34 Å². The van der Waals surface area contributed by atoms with Gasteiger partial charge in [-0.15, -0.1) is 0 Å². The van der Waals surface area contributed by atoms with Crippen LogP contribution in [-0.4, -0.2) is 12.3 Å². The average Bonchev–Trinajstić information content (AvgIpc) is 1.65. The van der Waals surface area contributed by atoms with Gasteiger partial charge in [0.2, 0.25) is 0 Å². The molecule has 0 radical (unpaired) electrons. The zero-order chi connectivity index (χ0) is 5.86. The summed E-state index contributed by atoms with van der Waals surface area (Å²) in [5.74, 6) is -1.32. The first-order valence-electron chi connectivity index (χ1n) is 1.37. The van der Waals surface area contributed by atoms with Crippen molar-refractivity contribution < 1.29 is 13.6 Å². The van der Waals surface area contributed by atoms with Crippen LogP contribution in [0.3, 0.4) is 0 Å². The first-order chi connectivity index (χ1) is 3.18. The lowest BCUT2D eigenvalue weighted by Gasteiger charge is -1.89. The van der Waals surface area contributed by atoms with Crippen molar-refractivity contribution in [3.63, 3.8) is 0 Å². The fourth-order valence-electron chi connectivity index (χ4n) is 0.0412. The van der Waals surface area contributed by atoms with E-state index in [1.54, 1.807) is 4.34 Å². The van der Waals surface area contributed by atoms with E-state index < -0.39 is 12.3 Å². The van der Waals surface area contributed by atoms with Crippen molar-refractivity contribution in [1.82, 2.24) is 4.34 Å². The summed E-state index contributed by atoms with van der Waals surface area (Å²) < 4.78 is 23.6. The van der Waals surface area contributed by atoms with Gasteiger partial charge < -0.3 is 0 Å². The minimum absolute atomic E-state index is 1.32. The highest BCUT2D eigenvalue weighted by molar-refractivity contribution is 9.08. The zero-order valence-corrected chi connectivity index (χ0v) is 4.71. The molecule has 0 aromatic heterocycles. The molecule has 7 heavy (non-hydrogen) atoms. The van der Waals surface area contributed by atoms with Gasteiger partial charge in [0.25, 0.3) is 5.91 Å². The second kappa shape index (κ2) is 2.90. The summed E-state index contributed by atoms with van der Waals surface area (Å²) in [4.78, 5) is 9.60. The van der Waals surface area contributed by atoms with E-state index in [-0.39, 0.29) is 0 Å².